The first-order chi connectivity index (χ1) is 9.24. The number of hydrogen-bond donors (Lipinski definition) is 1. The van der Waals surface area contributed by atoms with E-state index in [2.05, 4.69) is 6.92 Å². The largest absolute Gasteiger partial charge is 0.481 e. The lowest BCUT2D eigenvalue weighted by atomic mass is 10.0. The average molecular weight is 270 g/mol. The maximum Gasteiger partial charge on any atom is 0.303 e. The fraction of sp³-hybridized carbons (Fsp3) is 0.938. The molecule has 3 heteroatoms. The summed E-state index contributed by atoms with van der Waals surface area (Å²) in [4.78, 5) is 10.3. The summed E-state index contributed by atoms with van der Waals surface area (Å²) < 4.78 is 5.68. The Kier molecular flexibility index (Phi) is 8.89. The molecule has 19 heavy (non-hydrogen) atoms. The summed E-state index contributed by atoms with van der Waals surface area (Å²) in [6, 6.07) is 0. The molecule has 1 saturated heterocycles. The Labute approximate surface area is 117 Å². The third kappa shape index (κ3) is 9.04. The van der Waals surface area contributed by atoms with Gasteiger partial charge in [-0.25, -0.2) is 0 Å². The number of hydrogen-bond acceptors (Lipinski definition) is 2. The van der Waals surface area contributed by atoms with E-state index in [1.54, 1.807) is 0 Å². The molecule has 1 N–H and O–H groups in total. The lowest BCUT2D eigenvalue weighted by Gasteiger charge is -1.99. The van der Waals surface area contributed by atoms with E-state index in [0.717, 1.165) is 12.8 Å². The van der Waals surface area contributed by atoms with E-state index < -0.39 is 5.97 Å². The Balaban J connectivity index is 1.78. The fourth-order valence-electron chi connectivity index (χ4n) is 2.61. The molecule has 1 fully saturated rings. The highest BCUT2D eigenvalue weighted by atomic mass is 16.6. The van der Waals surface area contributed by atoms with Crippen molar-refractivity contribution in [2.45, 2.75) is 96.2 Å². The minimum atomic E-state index is -0.669. The van der Waals surface area contributed by atoms with Crippen molar-refractivity contribution in [2.24, 2.45) is 0 Å². The van der Waals surface area contributed by atoms with Crippen LogP contribution in [0.5, 0.6) is 0 Å². The molecule has 0 aliphatic carbocycles. The Hall–Kier alpha value is -0.570. The molecule has 0 unspecified atom stereocenters. The van der Waals surface area contributed by atoms with Gasteiger partial charge in [-0.3, -0.25) is 4.79 Å². The molecule has 1 rings (SSSR count). The number of epoxide rings is 1. The standard InChI is InChI=1S/C16H30O3/c1-2-3-4-8-11-14-15(19-14)12-9-6-5-7-10-13-16(17)18/h14-15H,2-13H2,1H3,(H,17,18)/t14-,15-/m0/s1. The number of carboxylic acids is 1. The van der Waals surface area contributed by atoms with Gasteiger partial charge in [0.15, 0.2) is 0 Å². The molecule has 1 aliphatic rings. The van der Waals surface area contributed by atoms with Crippen molar-refractivity contribution in [1.29, 1.82) is 0 Å². The van der Waals surface area contributed by atoms with E-state index in [0.29, 0.717) is 18.6 Å². The van der Waals surface area contributed by atoms with Crippen LogP contribution in [0.1, 0.15) is 84.0 Å². The van der Waals surface area contributed by atoms with Crippen LogP contribution in [-0.2, 0) is 9.53 Å². The summed E-state index contributed by atoms with van der Waals surface area (Å²) in [5, 5.41) is 8.51. The molecule has 0 bridgehead atoms. The van der Waals surface area contributed by atoms with Crippen LogP contribution in [0.4, 0.5) is 0 Å². The second-order valence-electron chi connectivity index (χ2n) is 5.76. The molecule has 1 aliphatic heterocycles. The number of aliphatic carboxylic acids is 1. The van der Waals surface area contributed by atoms with Crippen LogP contribution >= 0.6 is 0 Å². The number of rotatable bonds is 13. The van der Waals surface area contributed by atoms with Crippen LogP contribution in [0.15, 0.2) is 0 Å². The van der Waals surface area contributed by atoms with Crippen molar-refractivity contribution in [3.63, 3.8) is 0 Å². The monoisotopic (exact) mass is 270 g/mol. The van der Waals surface area contributed by atoms with E-state index in [1.165, 1.54) is 57.8 Å². The molecule has 0 aromatic heterocycles. The third-order valence-corrected chi connectivity index (χ3v) is 3.91. The molecular formula is C16H30O3. The summed E-state index contributed by atoms with van der Waals surface area (Å²) in [5.41, 5.74) is 0. The van der Waals surface area contributed by atoms with Crippen LogP contribution in [0.3, 0.4) is 0 Å². The Morgan fingerprint density at radius 3 is 2.00 bits per heavy atom. The second-order valence-corrected chi connectivity index (χ2v) is 5.76. The first-order valence-electron chi connectivity index (χ1n) is 8.11. The third-order valence-electron chi connectivity index (χ3n) is 3.91. The van der Waals surface area contributed by atoms with Crippen molar-refractivity contribution < 1.29 is 14.6 Å². The van der Waals surface area contributed by atoms with Gasteiger partial charge in [-0.1, -0.05) is 58.3 Å². The summed E-state index contributed by atoms with van der Waals surface area (Å²) in [6.45, 7) is 2.24. The van der Waals surface area contributed by atoms with Crippen molar-refractivity contribution in [2.75, 3.05) is 0 Å². The van der Waals surface area contributed by atoms with Crippen LogP contribution in [0, 0.1) is 0 Å². The van der Waals surface area contributed by atoms with Gasteiger partial charge in [0.2, 0.25) is 0 Å². The maximum atomic E-state index is 10.3. The zero-order valence-corrected chi connectivity index (χ0v) is 12.4. The van der Waals surface area contributed by atoms with Crippen molar-refractivity contribution >= 4 is 5.97 Å². The lowest BCUT2D eigenvalue weighted by Crippen LogP contribution is -1.95. The van der Waals surface area contributed by atoms with E-state index >= 15 is 0 Å². The highest BCUT2D eigenvalue weighted by molar-refractivity contribution is 5.66. The SMILES string of the molecule is CCCCCC[C@@H]1O[C@H]1CCCCCCCC(=O)O. The molecule has 0 amide bonds. The van der Waals surface area contributed by atoms with Gasteiger partial charge in [0, 0.05) is 6.42 Å². The molecule has 0 aromatic carbocycles. The molecule has 1 heterocycles. The fourth-order valence-corrected chi connectivity index (χ4v) is 2.61. The Bertz CT molecular complexity index is 240. The first kappa shape index (κ1) is 16.5. The maximum absolute atomic E-state index is 10.3. The minimum absolute atomic E-state index is 0.325. The minimum Gasteiger partial charge on any atom is -0.481 e. The molecule has 112 valence electrons. The second kappa shape index (κ2) is 10.2. The van der Waals surface area contributed by atoms with Gasteiger partial charge in [-0.15, -0.1) is 0 Å². The average Bonchev–Trinajstić information content (AvgIpc) is 3.12. The predicted molar refractivity (Wildman–Crippen MR) is 77.4 cm³/mol. The van der Waals surface area contributed by atoms with Gasteiger partial charge < -0.3 is 9.84 Å². The predicted octanol–water partition coefficient (Wildman–Crippen LogP) is 4.54. The van der Waals surface area contributed by atoms with E-state index in [4.69, 9.17) is 9.84 Å². The van der Waals surface area contributed by atoms with Crippen molar-refractivity contribution in [1.82, 2.24) is 0 Å². The Morgan fingerprint density at radius 2 is 1.42 bits per heavy atom. The van der Waals surface area contributed by atoms with Crippen LogP contribution in [-0.4, -0.2) is 23.3 Å². The topological polar surface area (TPSA) is 49.8 Å². The van der Waals surface area contributed by atoms with Crippen LogP contribution in [0.25, 0.3) is 0 Å². The lowest BCUT2D eigenvalue weighted by molar-refractivity contribution is -0.137. The summed E-state index contributed by atoms with van der Waals surface area (Å²) in [7, 11) is 0. The summed E-state index contributed by atoms with van der Waals surface area (Å²) in [6.07, 6.45) is 14.7. The van der Waals surface area contributed by atoms with E-state index in [9.17, 15) is 4.79 Å². The summed E-state index contributed by atoms with van der Waals surface area (Å²) in [5.74, 6) is -0.669. The van der Waals surface area contributed by atoms with Crippen LogP contribution < -0.4 is 0 Å². The molecule has 0 aromatic rings. The van der Waals surface area contributed by atoms with Gasteiger partial charge in [-0.05, 0) is 19.3 Å². The zero-order valence-electron chi connectivity index (χ0n) is 12.4. The van der Waals surface area contributed by atoms with Crippen molar-refractivity contribution in [3.8, 4) is 0 Å². The molecule has 0 spiro atoms. The van der Waals surface area contributed by atoms with E-state index in [1.807, 2.05) is 0 Å². The van der Waals surface area contributed by atoms with Gasteiger partial charge in [0.25, 0.3) is 0 Å². The van der Waals surface area contributed by atoms with Gasteiger partial charge >= 0.3 is 5.97 Å². The number of carbonyl (C=O) groups is 1. The van der Waals surface area contributed by atoms with Gasteiger partial charge in [0.05, 0.1) is 12.2 Å². The molecular weight excluding hydrogens is 240 g/mol. The smallest absolute Gasteiger partial charge is 0.303 e. The number of carboxylic acid groups (broad SMARTS) is 1. The molecule has 0 saturated carbocycles. The van der Waals surface area contributed by atoms with Crippen LogP contribution in [0.2, 0.25) is 0 Å². The molecule has 3 nitrogen and oxygen atoms in total. The van der Waals surface area contributed by atoms with Gasteiger partial charge in [0.1, 0.15) is 0 Å². The number of ether oxygens (including phenoxy) is 1. The highest BCUT2D eigenvalue weighted by Gasteiger charge is 2.36. The van der Waals surface area contributed by atoms with Crippen molar-refractivity contribution in [3.05, 3.63) is 0 Å². The first-order valence-corrected chi connectivity index (χ1v) is 8.11. The molecule has 2 atom stereocenters. The summed E-state index contributed by atoms with van der Waals surface area (Å²) >= 11 is 0. The number of unbranched alkanes of at least 4 members (excludes halogenated alkanes) is 7. The molecule has 0 radical (unpaired) electrons. The normalized spacial score (nSPS) is 21.5. The highest BCUT2D eigenvalue weighted by Crippen LogP contribution is 2.31. The zero-order chi connectivity index (χ0) is 13.9. The Morgan fingerprint density at radius 1 is 0.895 bits per heavy atom. The quantitative estimate of drug-likeness (QED) is 0.395. The van der Waals surface area contributed by atoms with Gasteiger partial charge in [-0.2, -0.15) is 0 Å². The van der Waals surface area contributed by atoms with E-state index in [-0.39, 0.29) is 0 Å².